The number of carbonyl (C=O) groups is 2. The molecule has 0 spiro atoms. The Labute approximate surface area is 232 Å². The normalized spacial score (nSPS) is 12.7. The number of benzene rings is 2. The lowest BCUT2D eigenvalue weighted by molar-refractivity contribution is -0.192. The van der Waals surface area contributed by atoms with Crippen molar-refractivity contribution < 1.29 is 36.3 Å². The number of alkyl halides is 3. The molecule has 16 heteroatoms. The first-order chi connectivity index (χ1) is 18.7. The molecule has 3 aromatic rings. The number of rotatable bonds is 7. The molecule has 214 valence electrons. The fraction of sp³-hybridized carbons (Fsp3) is 0.250. The average molecular weight is 599 g/mol. The van der Waals surface area contributed by atoms with Crippen LogP contribution in [-0.2, 0) is 26.0 Å². The van der Waals surface area contributed by atoms with Crippen molar-refractivity contribution in [1.82, 2.24) is 14.7 Å². The number of aliphatic carboxylic acids is 1. The molecule has 0 aliphatic carbocycles. The molecule has 0 fully saturated rings. The number of nitrogens with one attached hydrogen (secondary N) is 3. The third-order valence-corrected chi connectivity index (χ3v) is 7.76. The number of thioether (sulfide) groups is 1. The molecule has 1 aliphatic heterocycles. The smallest absolute Gasteiger partial charge is 0.475 e. The van der Waals surface area contributed by atoms with Crippen LogP contribution >= 0.6 is 11.8 Å². The summed E-state index contributed by atoms with van der Waals surface area (Å²) in [6, 6.07) is 12.5. The van der Waals surface area contributed by atoms with E-state index in [1.54, 1.807) is 36.1 Å². The molecule has 1 amide bonds. The molecule has 1 aliphatic rings. The van der Waals surface area contributed by atoms with Crippen LogP contribution in [0.25, 0.3) is 0 Å². The Morgan fingerprint density at radius 3 is 2.27 bits per heavy atom. The first-order valence-corrected chi connectivity index (χ1v) is 14.1. The number of amides is 1. The molecule has 11 nitrogen and oxygen atoms in total. The zero-order chi connectivity index (χ0) is 29.7. The van der Waals surface area contributed by atoms with Crippen LogP contribution in [0.2, 0.25) is 0 Å². The number of halogens is 3. The topological polar surface area (TPSA) is 154 Å². The SMILES string of the molecule is CNS(=O)(=O)c1ccc(SC)c(Nc2cc(Nc3ccc4c(c3)N(C(C)=O)CC4)ncn2)c1.O=C(O)C(F)(F)F. The third-order valence-electron chi connectivity index (χ3n) is 5.56. The summed E-state index contributed by atoms with van der Waals surface area (Å²) in [4.78, 5) is 32.1. The molecular weight excluding hydrogens is 573 g/mol. The van der Waals surface area contributed by atoms with Crippen LogP contribution in [0, 0.1) is 0 Å². The van der Waals surface area contributed by atoms with Crippen LogP contribution in [0.15, 0.2) is 58.6 Å². The first-order valence-electron chi connectivity index (χ1n) is 11.4. The molecule has 0 saturated heterocycles. The molecule has 4 N–H and O–H groups in total. The van der Waals surface area contributed by atoms with Gasteiger partial charge in [0.05, 0.1) is 10.6 Å². The summed E-state index contributed by atoms with van der Waals surface area (Å²) in [5, 5.41) is 13.6. The number of carboxylic acid groups (broad SMARTS) is 1. The number of sulfonamides is 1. The van der Waals surface area contributed by atoms with Gasteiger partial charge >= 0.3 is 12.1 Å². The molecule has 0 atom stereocenters. The van der Waals surface area contributed by atoms with Crippen LogP contribution in [0.5, 0.6) is 0 Å². The van der Waals surface area contributed by atoms with Gasteiger partial charge in [-0.15, -0.1) is 11.8 Å². The Hall–Kier alpha value is -3.89. The van der Waals surface area contributed by atoms with Crippen LogP contribution in [0.3, 0.4) is 0 Å². The number of carbonyl (C=O) groups excluding carboxylic acids is 1. The van der Waals surface area contributed by atoms with Gasteiger partial charge in [-0.2, -0.15) is 13.2 Å². The van der Waals surface area contributed by atoms with Gasteiger partial charge in [-0.05, 0) is 55.6 Å². The van der Waals surface area contributed by atoms with Gasteiger partial charge in [0.25, 0.3) is 0 Å². The standard InChI is InChI=1S/C22H24N6O3S2.C2HF3O2/c1-14(29)28-9-8-15-4-5-16(10-19(15)28)26-21-12-22(25-13-24-21)27-18-11-17(33(30,31)23-2)6-7-20(18)32-3;3-2(4,5)1(6)7/h4-7,10-13,23H,8-9H2,1-3H3,(H2,24,25,26,27);(H,6,7). The molecule has 4 rings (SSSR count). The minimum Gasteiger partial charge on any atom is -0.475 e. The Morgan fingerprint density at radius 1 is 1.05 bits per heavy atom. The van der Waals surface area contributed by atoms with Crippen molar-refractivity contribution in [3.63, 3.8) is 0 Å². The van der Waals surface area contributed by atoms with Crippen molar-refractivity contribution in [3.05, 3.63) is 54.4 Å². The van der Waals surface area contributed by atoms with Gasteiger partial charge in [-0.3, -0.25) is 4.79 Å². The van der Waals surface area contributed by atoms with E-state index in [0.29, 0.717) is 23.9 Å². The minimum atomic E-state index is -5.08. The second kappa shape index (κ2) is 12.5. The van der Waals surface area contributed by atoms with E-state index in [1.807, 2.05) is 24.5 Å². The van der Waals surface area contributed by atoms with Crippen molar-refractivity contribution in [1.29, 1.82) is 0 Å². The van der Waals surface area contributed by atoms with E-state index in [9.17, 15) is 26.4 Å². The summed E-state index contributed by atoms with van der Waals surface area (Å²) in [5.41, 5.74) is 3.48. The predicted octanol–water partition coefficient (Wildman–Crippen LogP) is 4.14. The largest absolute Gasteiger partial charge is 0.490 e. The maximum Gasteiger partial charge on any atom is 0.490 e. The van der Waals surface area contributed by atoms with Gasteiger partial charge in [-0.25, -0.2) is 27.9 Å². The second-order valence-electron chi connectivity index (χ2n) is 8.18. The number of carboxylic acids is 1. The minimum absolute atomic E-state index is 0.0199. The van der Waals surface area contributed by atoms with E-state index >= 15 is 0 Å². The summed E-state index contributed by atoms with van der Waals surface area (Å²) in [6.07, 6.45) is -0.901. The highest BCUT2D eigenvalue weighted by molar-refractivity contribution is 7.98. The van der Waals surface area contributed by atoms with Crippen molar-refractivity contribution >= 4 is 62.4 Å². The highest BCUT2D eigenvalue weighted by Gasteiger charge is 2.38. The second-order valence-corrected chi connectivity index (χ2v) is 10.9. The molecule has 2 aromatic carbocycles. The molecular formula is C24H25F3N6O5S2. The van der Waals surface area contributed by atoms with E-state index in [4.69, 9.17) is 9.90 Å². The summed E-state index contributed by atoms with van der Waals surface area (Å²) >= 11 is 1.49. The van der Waals surface area contributed by atoms with Crippen molar-refractivity contribution in [3.8, 4) is 0 Å². The van der Waals surface area contributed by atoms with Gasteiger partial charge < -0.3 is 20.6 Å². The Kier molecular flexibility index (Phi) is 9.60. The summed E-state index contributed by atoms with van der Waals surface area (Å²) in [6.45, 7) is 2.26. The lowest BCUT2D eigenvalue weighted by Crippen LogP contribution is -2.25. The van der Waals surface area contributed by atoms with E-state index in [0.717, 1.165) is 28.3 Å². The summed E-state index contributed by atoms with van der Waals surface area (Å²) < 4.78 is 58.5. The number of fused-ring (bicyclic) bond motifs is 1. The molecule has 0 bridgehead atoms. The number of hydrogen-bond acceptors (Lipinski definition) is 9. The number of hydrogen-bond donors (Lipinski definition) is 4. The van der Waals surface area contributed by atoms with E-state index < -0.39 is 22.2 Å². The van der Waals surface area contributed by atoms with Gasteiger partial charge in [-0.1, -0.05) is 6.07 Å². The molecule has 0 unspecified atom stereocenters. The fourth-order valence-electron chi connectivity index (χ4n) is 3.63. The lowest BCUT2D eigenvalue weighted by Gasteiger charge is -2.16. The average Bonchev–Trinajstić information content (AvgIpc) is 3.32. The Bertz CT molecular complexity index is 1520. The number of aromatic nitrogens is 2. The van der Waals surface area contributed by atoms with Crippen molar-refractivity contribution in [2.24, 2.45) is 0 Å². The van der Waals surface area contributed by atoms with E-state index in [2.05, 4.69) is 25.3 Å². The van der Waals surface area contributed by atoms with Gasteiger partial charge in [0.15, 0.2) is 0 Å². The maximum atomic E-state index is 12.2. The highest BCUT2D eigenvalue weighted by atomic mass is 32.2. The monoisotopic (exact) mass is 598 g/mol. The molecule has 2 heterocycles. The van der Waals surface area contributed by atoms with Crippen LogP contribution in [0.1, 0.15) is 12.5 Å². The highest BCUT2D eigenvalue weighted by Crippen LogP contribution is 2.33. The van der Waals surface area contributed by atoms with Crippen LogP contribution in [0.4, 0.5) is 41.9 Å². The third kappa shape index (κ3) is 7.61. The van der Waals surface area contributed by atoms with Crippen molar-refractivity contribution in [2.45, 2.75) is 29.3 Å². The Morgan fingerprint density at radius 2 is 1.70 bits per heavy atom. The van der Waals surface area contributed by atoms with Gasteiger partial charge in [0.2, 0.25) is 15.9 Å². The zero-order valence-corrected chi connectivity index (χ0v) is 23.0. The zero-order valence-electron chi connectivity index (χ0n) is 21.4. The van der Waals surface area contributed by atoms with Crippen LogP contribution < -0.4 is 20.3 Å². The molecule has 40 heavy (non-hydrogen) atoms. The first kappa shape index (κ1) is 30.6. The molecule has 0 radical (unpaired) electrons. The predicted molar refractivity (Wildman–Crippen MR) is 145 cm³/mol. The number of anilines is 5. The van der Waals surface area contributed by atoms with Gasteiger partial charge in [0, 0.05) is 35.8 Å². The van der Waals surface area contributed by atoms with E-state index in [1.165, 1.54) is 25.1 Å². The van der Waals surface area contributed by atoms with E-state index in [-0.39, 0.29) is 10.8 Å². The summed E-state index contributed by atoms with van der Waals surface area (Å²) in [5.74, 6) is -1.67. The summed E-state index contributed by atoms with van der Waals surface area (Å²) in [7, 11) is -2.20. The Balaban J connectivity index is 0.000000559. The molecule has 1 aromatic heterocycles. The van der Waals surface area contributed by atoms with Crippen LogP contribution in [-0.4, -0.2) is 61.4 Å². The fourth-order valence-corrected chi connectivity index (χ4v) is 4.92. The van der Waals surface area contributed by atoms with Crippen molar-refractivity contribution in [2.75, 3.05) is 35.4 Å². The molecule has 0 saturated carbocycles. The maximum absolute atomic E-state index is 12.2. The van der Waals surface area contributed by atoms with Gasteiger partial charge in [0.1, 0.15) is 18.0 Å². The number of nitrogens with zero attached hydrogens (tertiary/aromatic N) is 3. The quantitative estimate of drug-likeness (QED) is 0.292. The lowest BCUT2D eigenvalue weighted by atomic mass is 10.1.